The van der Waals surface area contributed by atoms with Gasteiger partial charge in [0.25, 0.3) is 0 Å². The minimum absolute atomic E-state index is 0.0451. The van der Waals surface area contributed by atoms with Gasteiger partial charge in [0.05, 0.1) is 16.7 Å². The number of rotatable bonds is 2. The van der Waals surface area contributed by atoms with Crippen LogP contribution < -0.4 is 0 Å². The summed E-state index contributed by atoms with van der Waals surface area (Å²) in [6, 6.07) is 4.98. The molecule has 1 heterocycles. The third-order valence-corrected chi connectivity index (χ3v) is 3.83. The van der Waals surface area contributed by atoms with Crippen molar-refractivity contribution in [1.82, 2.24) is 0 Å². The van der Waals surface area contributed by atoms with E-state index in [0.717, 1.165) is 6.42 Å². The zero-order chi connectivity index (χ0) is 11.8. The molecule has 2 atom stereocenters. The zero-order valence-corrected chi connectivity index (χ0v) is 10.6. The van der Waals surface area contributed by atoms with Gasteiger partial charge >= 0.3 is 0 Å². The number of aliphatic hydroxyl groups is 1. The molecule has 0 aromatic heterocycles. The summed E-state index contributed by atoms with van der Waals surface area (Å²) < 4.78 is 19.5. The van der Waals surface area contributed by atoms with Crippen LogP contribution in [0.15, 0.2) is 22.7 Å². The Bertz CT molecular complexity index is 387. The second-order valence-electron chi connectivity index (χ2n) is 4.31. The molecule has 0 bridgehead atoms. The average Bonchev–Trinajstić information content (AvgIpc) is 2.75. The standard InChI is InChI=1S/C12H14BrFO2/c1-12(15,8-5-6-16-7-8)9-3-2-4-10(13)11(9)14/h2-4,8,15H,5-7H2,1H3. The summed E-state index contributed by atoms with van der Waals surface area (Å²) in [6.45, 7) is 2.77. The molecule has 4 heteroatoms. The van der Waals surface area contributed by atoms with E-state index < -0.39 is 5.60 Å². The monoisotopic (exact) mass is 288 g/mol. The van der Waals surface area contributed by atoms with Crippen molar-refractivity contribution in [3.05, 3.63) is 34.1 Å². The Morgan fingerprint density at radius 1 is 1.56 bits per heavy atom. The zero-order valence-electron chi connectivity index (χ0n) is 9.04. The molecule has 88 valence electrons. The van der Waals surface area contributed by atoms with Crippen molar-refractivity contribution in [2.24, 2.45) is 5.92 Å². The van der Waals surface area contributed by atoms with Crippen LogP contribution in [0.5, 0.6) is 0 Å². The highest BCUT2D eigenvalue weighted by molar-refractivity contribution is 9.10. The lowest BCUT2D eigenvalue weighted by atomic mass is 9.82. The van der Waals surface area contributed by atoms with Gasteiger partial charge in [-0.25, -0.2) is 4.39 Å². The molecule has 1 aliphatic heterocycles. The molecule has 0 spiro atoms. The first kappa shape index (κ1) is 12.0. The van der Waals surface area contributed by atoms with Gasteiger partial charge in [-0.3, -0.25) is 0 Å². The van der Waals surface area contributed by atoms with Crippen LogP contribution in [-0.4, -0.2) is 18.3 Å². The Morgan fingerprint density at radius 3 is 2.94 bits per heavy atom. The van der Waals surface area contributed by atoms with Crippen LogP contribution in [-0.2, 0) is 10.3 Å². The van der Waals surface area contributed by atoms with Crippen molar-refractivity contribution in [2.45, 2.75) is 18.9 Å². The van der Waals surface area contributed by atoms with Crippen molar-refractivity contribution in [3.8, 4) is 0 Å². The maximum absolute atomic E-state index is 13.9. The number of hydrogen-bond donors (Lipinski definition) is 1. The predicted molar refractivity (Wildman–Crippen MR) is 62.6 cm³/mol. The molecule has 0 aliphatic carbocycles. The first-order valence-corrected chi connectivity index (χ1v) is 6.07. The van der Waals surface area contributed by atoms with Gasteiger partial charge in [-0.1, -0.05) is 12.1 Å². The molecule has 1 aromatic rings. The van der Waals surface area contributed by atoms with E-state index in [0.29, 0.717) is 23.2 Å². The minimum Gasteiger partial charge on any atom is -0.385 e. The van der Waals surface area contributed by atoms with E-state index in [4.69, 9.17) is 4.74 Å². The fourth-order valence-electron chi connectivity index (χ4n) is 2.09. The molecule has 2 rings (SSSR count). The topological polar surface area (TPSA) is 29.5 Å². The highest BCUT2D eigenvalue weighted by Gasteiger charge is 2.38. The molecule has 0 saturated carbocycles. The highest BCUT2D eigenvalue weighted by Crippen LogP contribution is 2.37. The summed E-state index contributed by atoms with van der Waals surface area (Å²) in [5.41, 5.74) is -0.845. The predicted octanol–water partition coefficient (Wildman–Crippen LogP) is 2.83. The Labute approximate surface area is 103 Å². The van der Waals surface area contributed by atoms with E-state index in [1.165, 1.54) is 0 Å². The maximum Gasteiger partial charge on any atom is 0.143 e. The van der Waals surface area contributed by atoms with E-state index >= 15 is 0 Å². The van der Waals surface area contributed by atoms with Crippen LogP contribution in [0.1, 0.15) is 18.9 Å². The van der Waals surface area contributed by atoms with E-state index in [1.807, 2.05) is 0 Å². The van der Waals surface area contributed by atoms with Crippen LogP contribution in [0.4, 0.5) is 4.39 Å². The van der Waals surface area contributed by atoms with Crippen LogP contribution in [0.2, 0.25) is 0 Å². The number of hydrogen-bond acceptors (Lipinski definition) is 2. The maximum atomic E-state index is 13.9. The molecule has 1 aromatic carbocycles. The van der Waals surface area contributed by atoms with Crippen molar-refractivity contribution in [1.29, 1.82) is 0 Å². The third kappa shape index (κ3) is 2.01. The summed E-state index contributed by atoms with van der Waals surface area (Å²) in [7, 11) is 0. The first-order valence-electron chi connectivity index (χ1n) is 5.28. The molecule has 2 nitrogen and oxygen atoms in total. The first-order chi connectivity index (χ1) is 7.53. The molecule has 16 heavy (non-hydrogen) atoms. The molecular weight excluding hydrogens is 275 g/mol. The normalized spacial score (nSPS) is 24.4. The molecule has 1 saturated heterocycles. The summed E-state index contributed by atoms with van der Waals surface area (Å²) in [6.07, 6.45) is 0.763. The van der Waals surface area contributed by atoms with Crippen LogP contribution in [0.25, 0.3) is 0 Å². The lowest BCUT2D eigenvalue weighted by molar-refractivity contribution is -0.0127. The van der Waals surface area contributed by atoms with Crippen LogP contribution >= 0.6 is 15.9 Å². The molecule has 0 amide bonds. The molecule has 1 aliphatic rings. The van der Waals surface area contributed by atoms with Gasteiger partial charge < -0.3 is 9.84 Å². The van der Waals surface area contributed by atoms with Gasteiger partial charge in [0.1, 0.15) is 5.82 Å². The highest BCUT2D eigenvalue weighted by atomic mass is 79.9. The average molecular weight is 289 g/mol. The molecule has 0 radical (unpaired) electrons. The Morgan fingerprint density at radius 2 is 2.31 bits per heavy atom. The van der Waals surface area contributed by atoms with E-state index in [1.54, 1.807) is 25.1 Å². The largest absolute Gasteiger partial charge is 0.385 e. The van der Waals surface area contributed by atoms with Gasteiger partial charge in [0.2, 0.25) is 0 Å². The smallest absolute Gasteiger partial charge is 0.143 e. The Kier molecular flexibility index (Phi) is 3.33. The summed E-state index contributed by atoms with van der Waals surface area (Å²) in [4.78, 5) is 0. The Balaban J connectivity index is 2.38. The number of halogens is 2. The Hall–Kier alpha value is -0.450. The van der Waals surface area contributed by atoms with Gasteiger partial charge in [0, 0.05) is 18.1 Å². The summed E-state index contributed by atoms with van der Waals surface area (Å²) in [5, 5.41) is 10.4. The van der Waals surface area contributed by atoms with Crippen molar-refractivity contribution in [3.63, 3.8) is 0 Å². The second-order valence-corrected chi connectivity index (χ2v) is 5.16. The van der Waals surface area contributed by atoms with Crippen LogP contribution in [0, 0.1) is 11.7 Å². The van der Waals surface area contributed by atoms with Crippen LogP contribution in [0.3, 0.4) is 0 Å². The minimum atomic E-state index is -1.18. The third-order valence-electron chi connectivity index (χ3n) is 3.22. The van der Waals surface area contributed by atoms with E-state index in [2.05, 4.69) is 15.9 Å². The molecule has 1 fully saturated rings. The van der Waals surface area contributed by atoms with Gasteiger partial charge in [-0.2, -0.15) is 0 Å². The van der Waals surface area contributed by atoms with Gasteiger partial charge in [0.15, 0.2) is 0 Å². The number of ether oxygens (including phenoxy) is 1. The number of benzene rings is 1. The van der Waals surface area contributed by atoms with Crippen molar-refractivity contribution < 1.29 is 14.2 Å². The van der Waals surface area contributed by atoms with Crippen molar-refractivity contribution >= 4 is 15.9 Å². The summed E-state index contributed by atoms with van der Waals surface area (Å²) in [5.74, 6) is -0.435. The molecule has 1 N–H and O–H groups in total. The molecule has 2 unspecified atom stereocenters. The van der Waals surface area contributed by atoms with Gasteiger partial charge in [-0.05, 0) is 35.3 Å². The van der Waals surface area contributed by atoms with Crippen molar-refractivity contribution in [2.75, 3.05) is 13.2 Å². The summed E-state index contributed by atoms with van der Waals surface area (Å²) >= 11 is 3.13. The lowest BCUT2D eigenvalue weighted by Crippen LogP contribution is -2.33. The fraction of sp³-hybridized carbons (Fsp3) is 0.500. The molecular formula is C12H14BrFO2. The fourth-order valence-corrected chi connectivity index (χ4v) is 2.46. The van der Waals surface area contributed by atoms with E-state index in [-0.39, 0.29) is 11.7 Å². The lowest BCUT2D eigenvalue weighted by Gasteiger charge is -2.30. The SMILES string of the molecule is CC(O)(c1cccc(Br)c1F)C1CCOC1. The van der Waals surface area contributed by atoms with Gasteiger partial charge in [-0.15, -0.1) is 0 Å². The second kappa shape index (κ2) is 4.43. The van der Waals surface area contributed by atoms with E-state index in [9.17, 15) is 9.50 Å². The quantitative estimate of drug-likeness (QED) is 0.907.